The van der Waals surface area contributed by atoms with Gasteiger partial charge in [0, 0.05) is 11.8 Å². The Labute approximate surface area is 126 Å². The zero-order valence-electron chi connectivity index (χ0n) is 11.3. The first-order valence-corrected chi connectivity index (χ1v) is 6.72. The summed E-state index contributed by atoms with van der Waals surface area (Å²) in [6.07, 6.45) is 1.24. The molecule has 0 spiro atoms. The first-order valence-electron chi connectivity index (χ1n) is 6.34. The molecule has 0 aliphatic heterocycles. The number of rotatable bonds is 4. The highest BCUT2D eigenvalue weighted by Crippen LogP contribution is 2.35. The second kappa shape index (κ2) is 5.93. The number of benzene rings is 1. The average molecular weight is 302 g/mol. The molecular formula is C15H12ClN3O2. The lowest BCUT2D eigenvalue weighted by Gasteiger charge is -2.11. The molecule has 0 fully saturated rings. The van der Waals surface area contributed by atoms with Crippen molar-refractivity contribution in [2.75, 3.05) is 0 Å². The number of halogens is 1. The van der Waals surface area contributed by atoms with Crippen LogP contribution >= 0.6 is 11.6 Å². The van der Waals surface area contributed by atoms with Gasteiger partial charge in [-0.1, -0.05) is 41.9 Å². The quantitative estimate of drug-likeness (QED) is 0.688. The Balaban J connectivity index is 1.94. The summed E-state index contributed by atoms with van der Waals surface area (Å²) >= 11 is 6.19. The van der Waals surface area contributed by atoms with Crippen molar-refractivity contribution >= 4 is 11.6 Å². The van der Waals surface area contributed by atoms with Gasteiger partial charge in [-0.25, -0.2) is 4.98 Å². The smallest absolute Gasteiger partial charge is 0.254 e. The van der Waals surface area contributed by atoms with E-state index in [2.05, 4.69) is 15.2 Å². The average Bonchev–Trinajstić information content (AvgIpc) is 2.99. The van der Waals surface area contributed by atoms with Crippen LogP contribution in [0.2, 0.25) is 5.15 Å². The molecule has 106 valence electrons. The Kier molecular flexibility index (Phi) is 3.83. The molecule has 21 heavy (non-hydrogen) atoms. The molecule has 6 heteroatoms. The summed E-state index contributed by atoms with van der Waals surface area (Å²) in [7, 11) is 0. The van der Waals surface area contributed by atoms with E-state index >= 15 is 0 Å². The van der Waals surface area contributed by atoms with Crippen LogP contribution in [0.25, 0.3) is 11.5 Å². The second-order valence-corrected chi connectivity index (χ2v) is 4.80. The third-order valence-electron chi connectivity index (χ3n) is 2.88. The molecular weight excluding hydrogens is 290 g/mol. The minimum atomic E-state index is 0.280. The van der Waals surface area contributed by atoms with E-state index in [0.717, 1.165) is 11.3 Å². The fourth-order valence-corrected chi connectivity index (χ4v) is 2.24. The minimum Gasteiger partial charge on any atom is -0.488 e. The van der Waals surface area contributed by atoms with Crippen molar-refractivity contribution in [3.05, 3.63) is 59.2 Å². The summed E-state index contributed by atoms with van der Waals surface area (Å²) in [6, 6.07) is 11.7. The highest BCUT2D eigenvalue weighted by atomic mass is 35.5. The molecule has 0 aliphatic rings. The van der Waals surface area contributed by atoms with Crippen LogP contribution < -0.4 is 4.74 Å². The van der Waals surface area contributed by atoms with Crippen LogP contribution in [0.5, 0.6) is 5.75 Å². The first kappa shape index (κ1) is 13.6. The Morgan fingerprint density at radius 3 is 2.76 bits per heavy atom. The molecule has 0 radical (unpaired) electrons. The molecule has 0 saturated carbocycles. The summed E-state index contributed by atoms with van der Waals surface area (Å²) in [4.78, 5) is 4.20. The van der Waals surface area contributed by atoms with Crippen LogP contribution in [0.4, 0.5) is 0 Å². The van der Waals surface area contributed by atoms with Crippen molar-refractivity contribution in [3.63, 3.8) is 0 Å². The lowest BCUT2D eigenvalue weighted by atomic mass is 10.2. The van der Waals surface area contributed by atoms with E-state index in [4.69, 9.17) is 20.8 Å². The van der Waals surface area contributed by atoms with Crippen LogP contribution in [-0.4, -0.2) is 15.2 Å². The topological polar surface area (TPSA) is 61.0 Å². The SMILES string of the molecule is Cc1cc(OCc2ccccc2)c(-c2nnco2)c(Cl)n1. The lowest BCUT2D eigenvalue weighted by Crippen LogP contribution is -1.99. The summed E-state index contributed by atoms with van der Waals surface area (Å²) < 4.78 is 11.1. The molecule has 5 nitrogen and oxygen atoms in total. The number of aryl methyl sites for hydroxylation is 1. The number of pyridine rings is 1. The van der Waals surface area contributed by atoms with E-state index in [1.54, 1.807) is 6.07 Å². The van der Waals surface area contributed by atoms with Crippen molar-refractivity contribution in [3.8, 4) is 17.2 Å². The van der Waals surface area contributed by atoms with Crippen molar-refractivity contribution in [1.82, 2.24) is 15.2 Å². The molecule has 0 amide bonds. The third kappa shape index (κ3) is 3.03. The molecule has 1 aromatic carbocycles. The predicted molar refractivity (Wildman–Crippen MR) is 78.1 cm³/mol. The molecule has 0 aliphatic carbocycles. The van der Waals surface area contributed by atoms with Gasteiger partial charge in [0.1, 0.15) is 23.1 Å². The summed E-state index contributed by atoms with van der Waals surface area (Å²) in [5.41, 5.74) is 2.32. The van der Waals surface area contributed by atoms with Gasteiger partial charge in [-0.3, -0.25) is 0 Å². The molecule has 0 unspecified atom stereocenters. The molecule has 0 bridgehead atoms. The van der Waals surface area contributed by atoms with E-state index in [1.165, 1.54) is 6.39 Å². The van der Waals surface area contributed by atoms with Crippen molar-refractivity contribution in [1.29, 1.82) is 0 Å². The Morgan fingerprint density at radius 2 is 2.05 bits per heavy atom. The normalized spacial score (nSPS) is 10.6. The molecule has 3 rings (SSSR count). The zero-order chi connectivity index (χ0) is 14.7. The standard InChI is InChI=1S/C15H12ClN3O2/c1-10-7-12(20-8-11-5-3-2-4-6-11)13(14(16)18-10)15-19-17-9-21-15/h2-7,9H,8H2,1H3. The summed E-state index contributed by atoms with van der Waals surface area (Å²) in [5, 5.41) is 7.81. The number of ether oxygens (including phenoxy) is 1. The maximum Gasteiger partial charge on any atom is 0.254 e. The van der Waals surface area contributed by atoms with Gasteiger partial charge in [0.2, 0.25) is 6.39 Å². The van der Waals surface area contributed by atoms with Crippen LogP contribution in [0, 0.1) is 6.92 Å². The zero-order valence-corrected chi connectivity index (χ0v) is 12.0. The van der Waals surface area contributed by atoms with Gasteiger partial charge in [0.25, 0.3) is 5.89 Å². The maximum atomic E-state index is 6.19. The molecule has 0 N–H and O–H groups in total. The molecule has 0 atom stereocenters. The first-order chi connectivity index (χ1) is 10.2. The largest absolute Gasteiger partial charge is 0.488 e. The van der Waals surface area contributed by atoms with Gasteiger partial charge in [0.05, 0.1) is 0 Å². The van der Waals surface area contributed by atoms with E-state index < -0.39 is 0 Å². The summed E-state index contributed by atoms with van der Waals surface area (Å²) in [6.45, 7) is 2.26. The van der Waals surface area contributed by atoms with Crippen molar-refractivity contribution < 1.29 is 9.15 Å². The number of aromatic nitrogens is 3. The molecule has 3 aromatic rings. The van der Waals surface area contributed by atoms with E-state index in [0.29, 0.717) is 17.9 Å². The van der Waals surface area contributed by atoms with Crippen LogP contribution in [0.15, 0.2) is 47.2 Å². The Morgan fingerprint density at radius 1 is 1.24 bits per heavy atom. The van der Waals surface area contributed by atoms with Crippen molar-refractivity contribution in [2.45, 2.75) is 13.5 Å². The lowest BCUT2D eigenvalue weighted by molar-refractivity contribution is 0.306. The van der Waals surface area contributed by atoms with Crippen LogP contribution in [0.1, 0.15) is 11.3 Å². The fraction of sp³-hybridized carbons (Fsp3) is 0.133. The van der Waals surface area contributed by atoms with Gasteiger partial charge in [0.15, 0.2) is 0 Å². The number of hydrogen-bond donors (Lipinski definition) is 0. The van der Waals surface area contributed by atoms with Crippen LogP contribution in [-0.2, 0) is 6.61 Å². The monoisotopic (exact) mass is 301 g/mol. The van der Waals surface area contributed by atoms with Gasteiger partial charge in [-0.05, 0) is 12.5 Å². The van der Waals surface area contributed by atoms with Gasteiger partial charge < -0.3 is 9.15 Å². The van der Waals surface area contributed by atoms with Crippen LogP contribution in [0.3, 0.4) is 0 Å². The van der Waals surface area contributed by atoms with Crippen molar-refractivity contribution in [2.24, 2.45) is 0 Å². The van der Waals surface area contributed by atoms with E-state index in [9.17, 15) is 0 Å². The molecule has 0 saturated heterocycles. The minimum absolute atomic E-state index is 0.280. The summed E-state index contributed by atoms with van der Waals surface area (Å²) in [5.74, 6) is 0.858. The fourth-order valence-electron chi connectivity index (χ4n) is 1.93. The number of nitrogens with zero attached hydrogens (tertiary/aromatic N) is 3. The van der Waals surface area contributed by atoms with Gasteiger partial charge in [-0.15, -0.1) is 10.2 Å². The molecule has 2 heterocycles. The van der Waals surface area contributed by atoms with Gasteiger partial charge >= 0.3 is 0 Å². The third-order valence-corrected chi connectivity index (χ3v) is 3.15. The highest BCUT2D eigenvalue weighted by molar-refractivity contribution is 6.32. The van der Waals surface area contributed by atoms with E-state index in [1.807, 2.05) is 37.3 Å². The highest BCUT2D eigenvalue weighted by Gasteiger charge is 2.18. The number of hydrogen-bond acceptors (Lipinski definition) is 5. The Hall–Kier alpha value is -2.40. The second-order valence-electron chi connectivity index (χ2n) is 4.45. The Bertz CT molecular complexity index is 730. The molecule has 2 aromatic heterocycles. The predicted octanol–water partition coefficient (Wildman–Crippen LogP) is 3.67. The maximum absolute atomic E-state index is 6.19. The van der Waals surface area contributed by atoms with E-state index in [-0.39, 0.29) is 11.0 Å². The van der Waals surface area contributed by atoms with Gasteiger partial charge in [-0.2, -0.15) is 0 Å².